The molecule has 0 aromatic heterocycles. The van der Waals surface area contributed by atoms with Gasteiger partial charge in [-0.15, -0.1) is 0 Å². The molecule has 0 aliphatic carbocycles. The Balaban J connectivity index is 2.22. The lowest BCUT2D eigenvalue weighted by atomic mass is 10.1. The predicted molar refractivity (Wildman–Crippen MR) is 57.0 cm³/mol. The highest BCUT2D eigenvalue weighted by molar-refractivity contribution is 5.99. The van der Waals surface area contributed by atoms with E-state index in [2.05, 4.69) is 5.32 Å². The Hall–Kier alpha value is -1.78. The highest BCUT2D eigenvalue weighted by Crippen LogP contribution is 2.29. The molecule has 1 amide bonds. The van der Waals surface area contributed by atoms with Crippen molar-refractivity contribution in [3.63, 3.8) is 0 Å². The highest BCUT2D eigenvalue weighted by atomic mass is 19.4. The van der Waals surface area contributed by atoms with Crippen molar-refractivity contribution >= 4 is 12.0 Å². The zero-order valence-corrected chi connectivity index (χ0v) is 8.84. The average Bonchev–Trinajstić information content (AvgIpc) is 2.64. The molecule has 0 atom stereocenters. The van der Waals surface area contributed by atoms with Gasteiger partial charge in [0.1, 0.15) is 0 Å². The molecule has 1 N–H and O–H groups in total. The van der Waals surface area contributed by atoms with Crippen LogP contribution in [0.4, 0.5) is 13.2 Å². The molecule has 1 aromatic carbocycles. The maximum atomic E-state index is 12.3. The summed E-state index contributed by atoms with van der Waals surface area (Å²) >= 11 is 0. The van der Waals surface area contributed by atoms with Crippen LogP contribution in [-0.4, -0.2) is 12.5 Å². The quantitative estimate of drug-likeness (QED) is 0.752. The fraction of sp³-hybridized carbons (Fsp3) is 0.250. The summed E-state index contributed by atoms with van der Waals surface area (Å²) in [6.45, 7) is 0.589. The second-order valence-electron chi connectivity index (χ2n) is 3.80. The number of halogens is 3. The molecule has 1 aliphatic rings. The van der Waals surface area contributed by atoms with Crippen LogP contribution < -0.4 is 5.32 Å². The van der Waals surface area contributed by atoms with E-state index >= 15 is 0 Å². The summed E-state index contributed by atoms with van der Waals surface area (Å²) in [7, 11) is 0. The predicted octanol–water partition coefficient (Wildman–Crippen LogP) is 2.61. The summed E-state index contributed by atoms with van der Waals surface area (Å²) in [5.41, 5.74) is 0.519. The monoisotopic (exact) mass is 241 g/mol. The summed E-state index contributed by atoms with van der Waals surface area (Å²) in [5.74, 6) is -0.148. The zero-order valence-electron chi connectivity index (χ0n) is 8.84. The number of hydrogen-bond acceptors (Lipinski definition) is 1. The lowest BCUT2D eigenvalue weighted by Gasteiger charge is -2.06. The molecule has 2 nitrogen and oxygen atoms in total. The maximum absolute atomic E-state index is 12.3. The highest BCUT2D eigenvalue weighted by Gasteiger charge is 2.29. The second-order valence-corrected chi connectivity index (χ2v) is 3.80. The zero-order chi connectivity index (χ0) is 12.5. The largest absolute Gasteiger partial charge is 0.416 e. The van der Waals surface area contributed by atoms with Gasteiger partial charge < -0.3 is 5.32 Å². The van der Waals surface area contributed by atoms with E-state index in [9.17, 15) is 18.0 Å². The second kappa shape index (κ2) is 4.24. The minimum Gasteiger partial charge on any atom is -0.352 e. The Morgan fingerprint density at radius 2 is 1.82 bits per heavy atom. The van der Waals surface area contributed by atoms with Crippen molar-refractivity contribution in [1.82, 2.24) is 5.32 Å². The molecule has 1 saturated heterocycles. The van der Waals surface area contributed by atoms with E-state index in [4.69, 9.17) is 0 Å². The SMILES string of the molecule is O=C1NCC/C1=C\c1ccc(C(F)(F)F)cc1. The number of carbonyl (C=O) groups is 1. The molecule has 90 valence electrons. The molecule has 2 rings (SSSR count). The van der Waals surface area contributed by atoms with Crippen LogP contribution in [-0.2, 0) is 11.0 Å². The van der Waals surface area contributed by atoms with Gasteiger partial charge in [-0.05, 0) is 30.2 Å². The Bertz CT molecular complexity index is 460. The van der Waals surface area contributed by atoms with Gasteiger partial charge in [-0.1, -0.05) is 12.1 Å². The number of rotatable bonds is 1. The van der Waals surface area contributed by atoms with Crippen molar-refractivity contribution in [3.8, 4) is 0 Å². The lowest BCUT2D eigenvalue weighted by Crippen LogP contribution is -2.13. The number of amides is 1. The first-order valence-electron chi connectivity index (χ1n) is 5.13. The van der Waals surface area contributed by atoms with Crippen molar-refractivity contribution in [1.29, 1.82) is 0 Å². The number of alkyl halides is 3. The number of hydrogen-bond donors (Lipinski definition) is 1. The van der Waals surface area contributed by atoms with E-state index in [1.807, 2.05) is 0 Å². The lowest BCUT2D eigenvalue weighted by molar-refractivity contribution is -0.137. The van der Waals surface area contributed by atoms with E-state index in [1.165, 1.54) is 12.1 Å². The number of carbonyl (C=O) groups excluding carboxylic acids is 1. The molecule has 0 radical (unpaired) electrons. The first-order chi connectivity index (χ1) is 7.97. The third-order valence-electron chi connectivity index (χ3n) is 2.55. The minimum absolute atomic E-state index is 0.148. The molecule has 0 unspecified atom stereocenters. The van der Waals surface area contributed by atoms with E-state index in [0.717, 1.165) is 12.1 Å². The molecule has 1 fully saturated rings. The Morgan fingerprint density at radius 1 is 1.18 bits per heavy atom. The molecule has 0 saturated carbocycles. The summed E-state index contributed by atoms with van der Waals surface area (Å²) in [6, 6.07) is 4.75. The molecule has 5 heteroatoms. The average molecular weight is 241 g/mol. The third kappa shape index (κ3) is 2.67. The number of nitrogens with one attached hydrogen (secondary N) is 1. The Kier molecular flexibility index (Phi) is 2.92. The molecule has 1 heterocycles. The van der Waals surface area contributed by atoms with Crippen LogP contribution in [0.15, 0.2) is 29.8 Å². The molecule has 0 bridgehead atoms. The van der Waals surface area contributed by atoms with Crippen molar-refractivity contribution in [2.24, 2.45) is 0 Å². The van der Waals surface area contributed by atoms with Gasteiger partial charge in [-0.3, -0.25) is 4.79 Å². The summed E-state index contributed by atoms with van der Waals surface area (Å²) in [5, 5.41) is 2.64. The van der Waals surface area contributed by atoms with Gasteiger partial charge in [0.05, 0.1) is 5.56 Å². The van der Waals surface area contributed by atoms with E-state index in [0.29, 0.717) is 24.1 Å². The Morgan fingerprint density at radius 3 is 2.29 bits per heavy atom. The minimum atomic E-state index is -4.32. The van der Waals surface area contributed by atoms with Gasteiger partial charge in [0.25, 0.3) is 0 Å². The molecule has 17 heavy (non-hydrogen) atoms. The number of benzene rings is 1. The van der Waals surface area contributed by atoms with E-state index < -0.39 is 11.7 Å². The topological polar surface area (TPSA) is 29.1 Å². The fourth-order valence-corrected chi connectivity index (χ4v) is 1.64. The normalized spacial score (nSPS) is 18.5. The molecular formula is C12H10F3NO. The van der Waals surface area contributed by atoms with Crippen LogP contribution in [0.2, 0.25) is 0 Å². The van der Waals surface area contributed by atoms with Gasteiger partial charge in [-0.25, -0.2) is 0 Å². The molecular weight excluding hydrogens is 231 g/mol. The van der Waals surface area contributed by atoms with E-state index in [1.54, 1.807) is 6.08 Å². The summed E-state index contributed by atoms with van der Waals surface area (Å²) in [4.78, 5) is 11.2. The first kappa shape index (κ1) is 11.7. The van der Waals surface area contributed by atoms with Gasteiger partial charge in [-0.2, -0.15) is 13.2 Å². The van der Waals surface area contributed by atoms with Crippen LogP contribution in [0.1, 0.15) is 17.5 Å². The van der Waals surface area contributed by atoms with Gasteiger partial charge in [0, 0.05) is 12.1 Å². The third-order valence-corrected chi connectivity index (χ3v) is 2.55. The van der Waals surface area contributed by atoms with Gasteiger partial charge >= 0.3 is 6.18 Å². The van der Waals surface area contributed by atoms with Crippen molar-refractivity contribution in [3.05, 3.63) is 41.0 Å². The van der Waals surface area contributed by atoms with Crippen LogP contribution in [0.5, 0.6) is 0 Å². The maximum Gasteiger partial charge on any atom is 0.416 e. The van der Waals surface area contributed by atoms with Gasteiger partial charge in [0.2, 0.25) is 5.91 Å². The van der Waals surface area contributed by atoms with Crippen LogP contribution in [0, 0.1) is 0 Å². The molecule has 1 aliphatic heterocycles. The summed E-state index contributed by atoms with van der Waals surface area (Å²) in [6.07, 6.45) is -2.10. The smallest absolute Gasteiger partial charge is 0.352 e. The van der Waals surface area contributed by atoms with Gasteiger partial charge in [0.15, 0.2) is 0 Å². The standard InChI is InChI=1S/C12H10F3NO/c13-12(14,15)10-3-1-8(2-4-10)7-9-5-6-16-11(9)17/h1-4,7H,5-6H2,(H,16,17)/b9-7+. The van der Waals surface area contributed by atoms with Crippen LogP contribution in [0.25, 0.3) is 6.08 Å². The van der Waals surface area contributed by atoms with Crippen molar-refractivity contribution in [2.45, 2.75) is 12.6 Å². The molecule has 1 aromatic rings. The fourth-order valence-electron chi connectivity index (χ4n) is 1.64. The van der Waals surface area contributed by atoms with Crippen LogP contribution in [0.3, 0.4) is 0 Å². The Labute approximate surface area is 96.1 Å². The van der Waals surface area contributed by atoms with E-state index in [-0.39, 0.29) is 5.91 Å². The van der Waals surface area contributed by atoms with Crippen molar-refractivity contribution < 1.29 is 18.0 Å². The van der Waals surface area contributed by atoms with Crippen molar-refractivity contribution in [2.75, 3.05) is 6.54 Å². The summed E-state index contributed by atoms with van der Waals surface area (Å²) < 4.78 is 36.9. The molecule has 0 spiro atoms. The first-order valence-corrected chi connectivity index (χ1v) is 5.13. The van der Waals surface area contributed by atoms with Crippen LogP contribution >= 0.6 is 0 Å².